The normalized spacial score (nSPS) is 10.4. The standard InChI is InChI=1S/C15H10ClFN4O4.ClH/c16-8-3-1-2-7(13(8)17)9-4-10(22)12(14-19-6-20-21(9)14)15(25)18-5-11(23)24;/h1-4,6H,5H2,(H,18,25)(H,19,20)(H,23,24);1H. The maximum Gasteiger partial charge on any atom is 0.322 e. The monoisotopic (exact) mass is 400 g/mol. The van der Waals surface area contributed by atoms with E-state index in [1.807, 2.05) is 0 Å². The lowest BCUT2D eigenvalue weighted by atomic mass is 10.1. The zero-order chi connectivity index (χ0) is 18.1. The fraction of sp³-hybridized carbons (Fsp3) is 0.0667. The molecule has 3 N–H and O–H groups in total. The van der Waals surface area contributed by atoms with E-state index in [0.717, 1.165) is 6.07 Å². The number of hydrogen-bond donors (Lipinski definition) is 3. The number of hydrogen-bond acceptors (Lipinski definition) is 4. The first-order valence-electron chi connectivity index (χ1n) is 6.93. The van der Waals surface area contributed by atoms with Crippen molar-refractivity contribution in [3.05, 3.63) is 57.2 Å². The van der Waals surface area contributed by atoms with E-state index in [0.29, 0.717) is 0 Å². The summed E-state index contributed by atoms with van der Waals surface area (Å²) < 4.78 is 15.5. The second-order valence-corrected chi connectivity index (χ2v) is 5.40. The summed E-state index contributed by atoms with van der Waals surface area (Å²) in [4.78, 5) is 39.0. The van der Waals surface area contributed by atoms with Gasteiger partial charge in [-0.1, -0.05) is 17.7 Å². The molecule has 26 heavy (non-hydrogen) atoms. The molecule has 3 aromatic rings. The van der Waals surface area contributed by atoms with E-state index in [4.69, 9.17) is 16.7 Å². The topological polar surface area (TPSA) is 117 Å². The van der Waals surface area contributed by atoms with Crippen molar-refractivity contribution < 1.29 is 19.1 Å². The third-order valence-corrected chi connectivity index (χ3v) is 3.71. The highest BCUT2D eigenvalue weighted by Gasteiger charge is 2.21. The van der Waals surface area contributed by atoms with E-state index in [1.54, 1.807) is 0 Å². The third-order valence-electron chi connectivity index (χ3n) is 3.42. The van der Waals surface area contributed by atoms with Crippen LogP contribution in [0.4, 0.5) is 4.39 Å². The molecule has 2 aromatic heterocycles. The third kappa shape index (κ3) is 3.39. The van der Waals surface area contributed by atoms with Crippen LogP contribution in [0.25, 0.3) is 16.9 Å². The van der Waals surface area contributed by atoms with Crippen molar-refractivity contribution in [1.29, 1.82) is 0 Å². The van der Waals surface area contributed by atoms with Gasteiger partial charge in [-0.3, -0.25) is 19.5 Å². The molecule has 1 amide bonds. The molecule has 0 aliphatic heterocycles. The van der Waals surface area contributed by atoms with Gasteiger partial charge in [0, 0.05) is 11.6 Å². The van der Waals surface area contributed by atoms with Gasteiger partial charge in [0.25, 0.3) is 5.91 Å². The van der Waals surface area contributed by atoms with Gasteiger partial charge in [-0.05, 0) is 12.1 Å². The minimum Gasteiger partial charge on any atom is -0.480 e. The highest BCUT2D eigenvalue weighted by atomic mass is 35.5. The summed E-state index contributed by atoms with van der Waals surface area (Å²) in [6.07, 6.45) is 1.22. The number of carboxylic acids is 1. The number of pyridine rings is 1. The molecule has 0 spiro atoms. The lowest BCUT2D eigenvalue weighted by Gasteiger charge is -2.09. The summed E-state index contributed by atoms with van der Waals surface area (Å²) in [6, 6.07) is 5.35. The molecule has 0 radical (unpaired) electrons. The Hall–Kier alpha value is -2.91. The molecule has 0 aliphatic rings. The molecule has 0 unspecified atom stereocenters. The second kappa shape index (κ2) is 7.54. The van der Waals surface area contributed by atoms with E-state index in [1.165, 1.54) is 29.0 Å². The molecule has 0 atom stereocenters. The van der Waals surface area contributed by atoms with Crippen molar-refractivity contribution in [1.82, 2.24) is 19.9 Å². The molecule has 0 aliphatic carbocycles. The minimum absolute atomic E-state index is 0. The van der Waals surface area contributed by atoms with Crippen LogP contribution in [0.5, 0.6) is 0 Å². The number of fused-ring (bicyclic) bond motifs is 1. The summed E-state index contributed by atoms with van der Waals surface area (Å²) in [5, 5.41) is 13.3. The number of aromatic nitrogens is 3. The Morgan fingerprint density at radius 1 is 1.38 bits per heavy atom. The van der Waals surface area contributed by atoms with Gasteiger partial charge in [0.1, 0.15) is 18.4 Å². The number of H-pyrrole nitrogens is 1. The summed E-state index contributed by atoms with van der Waals surface area (Å²) in [6.45, 7) is -0.653. The maximum absolute atomic E-state index is 14.3. The van der Waals surface area contributed by atoms with Crippen molar-refractivity contribution in [3.8, 4) is 11.3 Å². The zero-order valence-corrected chi connectivity index (χ0v) is 14.4. The predicted octanol–water partition coefficient (Wildman–Crippen LogP) is 1.72. The van der Waals surface area contributed by atoms with Crippen LogP contribution in [0.3, 0.4) is 0 Å². The summed E-state index contributed by atoms with van der Waals surface area (Å²) in [5.74, 6) is -2.88. The van der Waals surface area contributed by atoms with Gasteiger partial charge < -0.3 is 10.4 Å². The lowest BCUT2D eigenvalue weighted by molar-refractivity contribution is -0.135. The predicted molar refractivity (Wildman–Crippen MR) is 93.4 cm³/mol. The zero-order valence-electron chi connectivity index (χ0n) is 12.8. The number of benzene rings is 1. The molecule has 8 nitrogen and oxygen atoms in total. The lowest BCUT2D eigenvalue weighted by Crippen LogP contribution is -2.33. The van der Waals surface area contributed by atoms with Crippen LogP contribution in [0.15, 0.2) is 35.4 Å². The van der Waals surface area contributed by atoms with Crippen molar-refractivity contribution >= 4 is 41.5 Å². The molecule has 1 aromatic carbocycles. The van der Waals surface area contributed by atoms with E-state index in [-0.39, 0.29) is 39.9 Å². The summed E-state index contributed by atoms with van der Waals surface area (Å²) in [7, 11) is 0. The van der Waals surface area contributed by atoms with Crippen LogP contribution in [-0.2, 0) is 4.79 Å². The molecular formula is C15H11Cl2FN4O4. The molecule has 0 bridgehead atoms. The number of aromatic amines is 1. The fourth-order valence-corrected chi connectivity index (χ4v) is 2.53. The van der Waals surface area contributed by atoms with Crippen molar-refractivity contribution in [2.45, 2.75) is 0 Å². The van der Waals surface area contributed by atoms with Gasteiger partial charge in [-0.25, -0.2) is 13.9 Å². The quantitative estimate of drug-likeness (QED) is 0.616. The van der Waals surface area contributed by atoms with E-state index < -0.39 is 29.7 Å². The highest BCUT2D eigenvalue weighted by molar-refractivity contribution is 6.31. The molecule has 2 heterocycles. The smallest absolute Gasteiger partial charge is 0.322 e. The number of carbonyl (C=O) groups is 2. The average Bonchev–Trinajstić information content (AvgIpc) is 3.04. The van der Waals surface area contributed by atoms with Gasteiger partial charge in [-0.2, -0.15) is 0 Å². The molecule has 0 fully saturated rings. The van der Waals surface area contributed by atoms with Crippen molar-refractivity contribution in [2.24, 2.45) is 0 Å². The Labute approximate surface area is 156 Å². The van der Waals surface area contributed by atoms with Crippen molar-refractivity contribution in [2.75, 3.05) is 6.54 Å². The Morgan fingerprint density at radius 2 is 2.12 bits per heavy atom. The average molecular weight is 401 g/mol. The van der Waals surface area contributed by atoms with Crippen LogP contribution >= 0.6 is 24.0 Å². The van der Waals surface area contributed by atoms with E-state index in [9.17, 15) is 18.8 Å². The van der Waals surface area contributed by atoms with Crippen molar-refractivity contribution in [3.63, 3.8) is 0 Å². The Kier molecular flexibility index (Phi) is 5.63. The Morgan fingerprint density at radius 3 is 2.81 bits per heavy atom. The Balaban J connectivity index is 0.00000243. The molecule has 3 rings (SSSR count). The molecule has 0 saturated carbocycles. The van der Waals surface area contributed by atoms with Crippen LogP contribution in [-0.4, -0.2) is 38.1 Å². The molecule has 0 saturated heterocycles. The number of rotatable bonds is 4. The number of aliphatic carboxylic acids is 1. The minimum atomic E-state index is -1.26. The first kappa shape index (κ1) is 19.4. The SMILES string of the molecule is Cl.O=C(O)CNC(=O)c1c(=O)cc(-c2cccc(Cl)c2F)n2[nH]cnc12. The first-order chi connectivity index (χ1) is 11.9. The number of halogens is 3. The highest BCUT2D eigenvalue weighted by Crippen LogP contribution is 2.27. The molecular weight excluding hydrogens is 390 g/mol. The van der Waals surface area contributed by atoms with Gasteiger partial charge >= 0.3 is 5.97 Å². The van der Waals surface area contributed by atoms with E-state index in [2.05, 4.69) is 15.4 Å². The fourth-order valence-electron chi connectivity index (χ4n) is 2.36. The van der Waals surface area contributed by atoms with Gasteiger partial charge in [-0.15, -0.1) is 12.4 Å². The number of carboxylic acid groups (broad SMARTS) is 1. The number of amides is 1. The van der Waals surface area contributed by atoms with Gasteiger partial charge in [0.2, 0.25) is 0 Å². The number of carbonyl (C=O) groups excluding carboxylic acids is 1. The van der Waals surface area contributed by atoms with Crippen LogP contribution < -0.4 is 10.7 Å². The van der Waals surface area contributed by atoms with E-state index >= 15 is 0 Å². The number of nitrogens with one attached hydrogen (secondary N) is 2. The van der Waals surface area contributed by atoms with Gasteiger partial charge in [0.15, 0.2) is 16.9 Å². The van der Waals surface area contributed by atoms with Crippen LogP contribution in [0, 0.1) is 5.82 Å². The summed E-state index contributed by atoms with van der Waals surface area (Å²) >= 11 is 5.77. The second-order valence-electron chi connectivity index (χ2n) is 4.99. The first-order valence-corrected chi connectivity index (χ1v) is 7.31. The molecule has 11 heteroatoms. The summed E-state index contributed by atoms with van der Waals surface area (Å²) in [5.41, 5.74) is -0.989. The van der Waals surface area contributed by atoms with Gasteiger partial charge in [0.05, 0.1) is 10.7 Å². The largest absolute Gasteiger partial charge is 0.480 e. The Bertz CT molecular complexity index is 1060. The maximum atomic E-state index is 14.3. The molecule has 136 valence electrons. The van der Waals surface area contributed by atoms with Crippen LogP contribution in [0.2, 0.25) is 5.02 Å². The number of nitrogens with zero attached hydrogens (tertiary/aromatic N) is 2. The van der Waals surface area contributed by atoms with Crippen LogP contribution in [0.1, 0.15) is 10.4 Å².